The molecule has 31 heteroatoms. The fraction of sp³-hybridized carbons (Fsp3) is 0.375. The molecule has 0 spiro atoms. The second-order valence-corrected chi connectivity index (χ2v) is 23.2. The summed E-state index contributed by atoms with van der Waals surface area (Å²) in [6.07, 6.45) is 2.99. The normalized spacial score (nSPS) is 16.0. The predicted molar refractivity (Wildman–Crippen MR) is 313 cm³/mol. The van der Waals surface area contributed by atoms with Gasteiger partial charge in [0.15, 0.2) is 0 Å². The summed E-state index contributed by atoms with van der Waals surface area (Å²) >= 11 is 0. The first-order valence-corrected chi connectivity index (χ1v) is 29.4. The minimum absolute atomic E-state index is 0. The average Bonchev–Trinajstić information content (AvgIpc) is 1.68. The molecule has 2 saturated heterocycles. The Morgan fingerprint density at radius 2 is 1.03 bits per heavy atom. The zero-order chi connectivity index (χ0) is 64.7. The quantitative estimate of drug-likeness (QED) is 0.0588. The molecule has 25 nitrogen and oxygen atoms in total. The number of amides is 2. The zero-order valence-corrected chi connectivity index (χ0v) is 54.0. The summed E-state index contributed by atoms with van der Waals surface area (Å²) in [7, 11) is 8.36. The van der Waals surface area contributed by atoms with Crippen LogP contribution in [0.3, 0.4) is 0 Å². The molecule has 0 saturated carbocycles. The molecule has 2 aromatic heterocycles. The number of likely N-dealkylation sites (tertiary alicyclic amines) is 1. The molecule has 0 aliphatic carbocycles. The molecule has 6 aromatic rings. The number of carbonyl (C=O) groups is 7. The summed E-state index contributed by atoms with van der Waals surface area (Å²) in [6.45, 7) is 4.41. The number of esters is 2. The third-order valence-electron chi connectivity index (χ3n) is 13.4. The predicted octanol–water partition coefficient (Wildman–Crippen LogP) is 1.84. The Hall–Kier alpha value is -7.45. The van der Waals surface area contributed by atoms with Gasteiger partial charge in [0, 0.05) is 115 Å². The van der Waals surface area contributed by atoms with Gasteiger partial charge in [-0.3, -0.25) is 37.5 Å². The molecule has 3 radical (unpaired) electrons. The summed E-state index contributed by atoms with van der Waals surface area (Å²) in [6, 6.07) is 16.8. The van der Waals surface area contributed by atoms with Crippen LogP contribution in [0.5, 0.6) is 0 Å². The van der Waals surface area contributed by atoms with Crippen LogP contribution in [0.25, 0.3) is 44.6 Å². The number of rotatable bonds is 12. The molecule has 87 heavy (non-hydrogen) atoms. The molecular weight excluding hydrogens is 1200 g/mol. The number of hydrogen-bond donors (Lipinski definition) is 4. The van der Waals surface area contributed by atoms with E-state index in [9.17, 15) is 59.2 Å². The van der Waals surface area contributed by atoms with Crippen molar-refractivity contribution in [1.82, 2.24) is 20.9 Å². The van der Waals surface area contributed by atoms with Crippen LogP contribution in [0.2, 0.25) is 0 Å². The van der Waals surface area contributed by atoms with E-state index in [2.05, 4.69) is 38.4 Å². The van der Waals surface area contributed by atoms with Gasteiger partial charge in [0.25, 0.3) is 11.8 Å². The molecule has 2 unspecified atom stereocenters. The number of nitrogens with one attached hydrogen (secondary N) is 3. The summed E-state index contributed by atoms with van der Waals surface area (Å²) < 4.78 is 105. The smallest absolute Gasteiger partial charge is 0.793 e. The Morgan fingerprint density at radius 1 is 0.655 bits per heavy atom. The summed E-state index contributed by atoms with van der Waals surface area (Å²) in [5.41, 5.74) is 4.16. The third kappa shape index (κ3) is 18.8. The molecule has 4 N–H and O–H groups in total. The second-order valence-electron chi connectivity index (χ2n) is 19.1. The number of aliphatic hydroxyl groups excluding tert-OH is 1. The van der Waals surface area contributed by atoms with Gasteiger partial charge >= 0.3 is 53.4 Å². The third-order valence-corrected chi connectivity index (χ3v) is 15.8. The van der Waals surface area contributed by atoms with Crippen molar-refractivity contribution < 1.29 is 127 Å². The first-order chi connectivity index (χ1) is 40.4. The number of nitrogens with zero attached hydrogens (tertiary/aromatic N) is 3. The van der Waals surface area contributed by atoms with E-state index in [1.165, 1.54) is 97.9 Å². The number of methoxy groups -OCH3 is 2. The molecule has 2 aliphatic heterocycles. The fourth-order valence-electron chi connectivity index (χ4n) is 9.21. The van der Waals surface area contributed by atoms with Crippen LogP contribution in [0.1, 0.15) is 77.3 Å². The Bertz CT molecular complexity index is 3670. The van der Waals surface area contributed by atoms with E-state index in [4.69, 9.17) is 23.4 Å². The van der Waals surface area contributed by atoms with E-state index in [1.807, 2.05) is 4.90 Å². The van der Waals surface area contributed by atoms with E-state index in [1.54, 1.807) is 31.3 Å². The number of likely N-dealkylation sites (N-methyl/N-ethyl adjacent to an activating group) is 1. The number of halogens is 2. The van der Waals surface area contributed by atoms with Gasteiger partial charge in [-0.1, -0.05) is 0 Å². The van der Waals surface area contributed by atoms with Gasteiger partial charge in [-0.25, -0.2) is 45.0 Å². The van der Waals surface area contributed by atoms with Crippen LogP contribution in [0.4, 0.5) is 20.2 Å². The van der Waals surface area contributed by atoms with Crippen LogP contribution >= 0.6 is 0 Å². The van der Waals surface area contributed by atoms with Gasteiger partial charge in [0.1, 0.15) is 46.4 Å². The number of anilines is 2. The molecule has 8 rings (SSSR count). The summed E-state index contributed by atoms with van der Waals surface area (Å²) in [5, 5.41) is 16.3. The molecule has 4 heterocycles. The van der Waals surface area contributed by atoms with E-state index >= 15 is 0 Å². The molecule has 2 amide bonds. The van der Waals surface area contributed by atoms with Crippen LogP contribution in [0.15, 0.2) is 81.6 Å². The molecule has 2 aliphatic rings. The van der Waals surface area contributed by atoms with Crippen molar-refractivity contribution in [3.63, 3.8) is 0 Å². The Morgan fingerprint density at radius 3 is 1.37 bits per heavy atom. The topological polar surface area (TPSA) is 326 Å². The van der Waals surface area contributed by atoms with Crippen LogP contribution in [-0.4, -0.2) is 171 Å². The van der Waals surface area contributed by atoms with Crippen molar-refractivity contribution >= 4 is 103 Å². The van der Waals surface area contributed by atoms with Gasteiger partial charge in [0.05, 0.1) is 49.2 Å². The minimum Gasteiger partial charge on any atom is -0.793 e. The number of aliphatic hydroxyl groups is 1. The van der Waals surface area contributed by atoms with Crippen molar-refractivity contribution in [2.45, 2.75) is 57.5 Å². The molecule has 465 valence electrons. The summed E-state index contributed by atoms with van der Waals surface area (Å²) in [5.74, 6) is -4.16. The number of hydrogen-bond acceptors (Lipinski definition) is 21. The SMILES string of the molecule is CC(=O)OOC(C)=O.CNC(=O)c1c(-c2ccc(F)cc2)oc2cc(N(C)S(C)(=O)=O)c(C3CN[C@H](C(=O)OC)C3)cc12.CNC(=O)c1c(-c2ccc(F)cc2)oc2cc(N(C)S(C)(=O)=O)c(C3C[C@@H](C(=O)OC)N(C)C3)cc12.CO.[B-]OC(C)=O.[Na+]. The van der Waals surface area contributed by atoms with Crippen molar-refractivity contribution in [2.24, 2.45) is 0 Å². The van der Waals surface area contributed by atoms with E-state index in [-0.39, 0.29) is 70.0 Å². The second kappa shape index (κ2) is 32.5. The molecule has 4 atom stereocenters. The number of ether oxygens (including phenoxy) is 2. The van der Waals surface area contributed by atoms with Gasteiger partial charge in [-0.05, 0) is 91.7 Å². The van der Waals surface area contributed by atoms with Gasteiger partial charge in [0.2, 0.25) is 26.0 Å². The maximum Gasteiger partial charge on any atom is 1.00 e. The minimum atomic E-state index is -3.64. The van der Waals surface area contributed by atoms with Crippen LogP contribution in [0, 0.1) is 11.6 Å². The number of benzene rings is 4. The Kier molecular flexibility index (Phi) is 27.6. The van der Waals surface area contributed by atoms with Crippen LogP contribution < -0.4 is 54.1 Å². The van der Waals surface area contributed by atoms with Crippen molar-refractivity contribution in [1.29, 1.82) is 0 Å². The monoisotopic (exact) mass is 1260 g/mol. The standard InChI is InChI=1S/C25H28FN3O6S.C24H26FN3O6S.C4H6O4.C2H3BO2.CH4O.Na/c1-27-24(30)22-18-11-17(15-10-20(25(31)34-4)28(2)13-15)19(29(3)36(5,32)33)12-21(18)35-23(22)14-6-8-16(26)9-7-14;1-26-23(29)21-17-10-16(14-9-18(27-12-14)24(30)33-3)19(28(2)35(4,31)32)11-20(17)34-22(21)13-5-7-15(25)8-6-13;1-3(5)7-8-4(2)6;1-2(4)5-3;1-2;/h6-9,11-12,15,20H,10,13H2,1-5H3,(H,27,30);5-8,10-11,14,18,27H,9,12H2,1-4H3,(H,26,29);1-2H3;1H3;2H,1H3;/q;;;-1;;+1/t15?,20-;14?,18-;;;;/m00..../s1. The van der Waals surface area contributed by atoms with E-state index < -0.39 is 79.5 Å². The molecule has 0 bridgehead atoms. The number of carbonyl (C=O) groups excluding carboxylic acids is 7. The van der Waals surface area contributed by atoms with E-state index in [0.717, 1.165) is 42.1 Å². The molecule has 4 aromatic carbocycles. The van der Waals surface area contributed by atoms with Gasteiger partial charge in [-0.2, -0.15) is 0 Å². The first-order valence-electron chi connectivity index (χ1n) is 25.7. The van der Waals surface area contributed by atoms with Crippen molar-refractivity contribution in [3.05, 3.63) is 107 Å². The average molecular weight is 1260 g/mol. The summed E-state index contributed by atoms with van der Waals surface area (Å²) in [4.78, 5) is 88.9. The molecular formula is C56H67BF2N6NaO19S2. The Balaban J connectivity index is 0.000000366. The zero-order valence-electron chi connectivity index (χ0n) is 50.4. The number of furan rings is 2. The maximum atomic E-state index is 13.5. The first kappa shape index (κ1) is 73.8. The largest absolute Gasteiger partial charge is 1.00 e. The van der Waals surface area contributed by atoms with E-state index in [0.29, 0.717) is 81.5 Å². The van der Waals surface area contributed by atoms with Crippen LogP contribution in [-0.2, 0) is 67.9 Å². The van der Waals surface area contributed by atoms with Crippen molar-refractivity contribution in [3.8, 4) is 22.6 Å². The Labute approximate surface area is 525 Å². The van der Waals surface area contributed by atoms with Gasteiger partial charge < -0.3 is 52.1 Å². The van der Waals surface area contributed by atoms with Gasteiger partial charge in [-0.15, -0.1) is 0 Å². The maximum absolute atomic E-state index is 13.5. The molecule has 2 fully saturated rings. The van der Waals surface area contributed by atoms with Crippen molar-refractivity contribution in [2.75, 3.05) is 90.8 Å². The fourth-order valence-corrected chi connectivity index (χ4v) is 10.2. The number of fused-ring (bicyclic) bond motifs is 2. The number of sulfonamides is 2.